The Morgan fingerprint density at radius 2 is 1.65 bits per heavy atom. The number of aliphatic hydroxyl groups excluding tert-OH is 1. The Bertz CT molecular complexity index is 799. The molecule has 23 heavy (non-hydrogen) atoms. The summed E-state index contributed by atoms with van der Waals surface area (Å²) in [5, 5.41) is 12.1. The second-order valence-corrected chi connectivity index (χ2v) is 5.09. The second-order valence-electron chi connectivity index (χ2n) is 5.09. The van der Waals surface area contributed by atoms with Crippen LogP contribution in [0.4, 0.5) is 5.69 Å². The van der Waals surface area contributed by atoms with E-state index in [1.165, 1.54) is 6.20 Å². The van der Waals surface area contributed by atoms with E-state index >= 15 is 0 Å². The van der Waals surface area contributed by atoms with Gasteiger partial charge < -0.3 is 10.4 Å². The van der Waals surface area contributed by atoms with Crippen molar-refractivity contribution < 1.29 is 9.90 Å². The Morgan fingerprint density at radius 1 is 0.957 bits per heavy atom. The van der Waals surface area contributed by atoms with E-state index in [1.807, 2.05) is 42.5 Å². The van der Waals surface area contributed by atoms with Crippen molar-refractivity contribution in [1.29, 1.82) is 0 Å². The van der Waals surface area contributed by atoms with Crippen molar-refractivity contribution in [2.45, 2.75) is 6.61 Å². The van der Waals surface area contributed by atoms with Gasteiger partial charge in [-0.15, -0.1) is 0 Å². The summed E-state index contributed by atoms with van der Waals surface area (Å²) in [6, 6.07) is 19.1. The highest BCUT2D eigenvalue weighted by Crippen LogP contribution is 2.20. The first-order valence-corrected chi connectivity index (χ1v) is 7.28. The van der Waals surface area contributed by atoms with Crippen molar-refractivity contribution in [3.63, 3.8) is 0 Å². The zero-order chi connectivity index (χ0) is 16.1. The second kappa shape index (κ2) is 6.85. The van der Waals surface area contributed by atoms with Gasteiger partial charge in [0, 0.05) is 17.3 Å². The number of rotatable bonds is 4. The van der Waals surface area contributed by atoms with E-state index in [1.54, 1.807) is 24.4 Å². The van der Waals surface area contributed by atoms with E-state index in [-0.39, 0.29) is 12.5 Å². The molecule has 0 saturated carbocycles. The van der Waals surface area contributed by atoms with Gasteiger partial charge in [-0.1, -0.05) is 42.5 Å². The molecule has 2 N–H and O–H groups in total. The fourth-order valence-electron chi connectivity index (χ4n) is 2.31. The first-order chi connectivity index (χ1) is 11.3. The molecular formula is C19H16N2O2. The van der Waals surface area contributed by atoms with E-state index in [4.69, 9.17) is 0 Å². The number of amides is 1. The van der Waals surface area contributed by atoms with Crippen molar-refractivity contribution in [2.24, 2.45) is 0 Å². The van der Waals surface area contributed by atoms with Gasteiger partial charge in [-0.2, -0.15) is 0 Å². The number of benzene rings is 2. The van der Waals surface area contributed by atoms with Crippen molar-refractivity contribution in [3.05, 3.63) is 84.2 Å². The zero-order valence-corrected chi connectivity index (χ0v) is 12.4. The molecule has 4 nitrogen and oxygen atoms in total. The summed E-state index contributed by atoms with van der Waals surface area (Å²) in [5.41, 5.74) is 3.87. The minimum atomic E-state index is -0.229. The summed E-state index contributed by atoms with van der Waals surface area (Å²) in [5.74, 6) is -0.229. The number of nitrogens with zero attached hydrogens (tertiary/aromatic N) is 1. The fraction of sp³-hybridized carbons (Fsp3) is 0.0526. The number of carbonyl (C=O) groups is 1. The van der Waals surface area contributed by atoms with Gasteiger partial charge in [-0.3, -0.25) is 9.78 Å². The Kier molecular flexibility index (Phi) is 4.45. The predicted molar refractivity (Wildman–Crippen MR) is 90.0 cm³/mol. The molecule has 0 atom stereocenters. The van der Waals surface area contributed by atoms with Crippen molar-refractivity contribution in [3.8, 4) is 11.1 Å². The molecule has 1 heterocycles. The highest BCUT2D eigenvalue weighted by atomic mass is 16.3. The average molecular weight is 304 g/mol. The third-order valence-electron chi connectivity index (χ3n) is 3.58. The maximum Gasteiger partial charge on any atom is 0.255 e. The number of anilines is 1. The Labute approximate surface area is 134 Å². The summed E-state index contributed by atoms with van der Waals surface area (Å²) >= 11 is 0. The van der Waals surface area contributed by atoms with Crippen LogP contribution in [0.1, 0.15) is 15.9 Å². The molecule has 1 aromatic heterocycles. The normalized spacial score (nSPS) is 10.3. The summed E-state index contributed by atoms with van der Waals surface area (Å²) in [6.45, 7) is -0.148. The molecule has 0 aliphatic rings. The number of aromatic nitrogens is 1. The van der Waals surface area contributed by atoms with Gasteiger partial charge in [0.1, 0.15) is 0 Å². The van der Waals surface area contributed by atoms with E-state index in [0.29, 0.717) is 16.8 Å². The van der Waals surface area contributed by atoms with Crippen LogP contribution in [0.2, 0.25) is 0 Å². The minimum Gasteiger partial charge on any atom is -0.392 e. The highest BCUT2D eigenvalue weighted by molar-refractivity contribution is 6.04. The molecule has 0 saturated heterocycles. The summed E-state index contributed by atoms with van der Waals surface area (Å²) < 4.78 is 0. The molecule has 1 amide bonds. The van der Waals surface area contributed by atoms with Gasteiger partial charge in [0.15, 0.2) is 0 Å². The fourth-order valence-corrected chi connectivity index (χ4v) is 2.31. The van der Waals surface area contributed by atoms with E-state index < -0.39 is 0 Å². The molecule has 0 aliphatic heterocycles. The molecule has 0 spiro atoms. The van der Waals surface area contributed by atoms with Gasteiger partial charge in [0.05, 0.1) is 18.5 Å². The zero-order valence-electron chi connectivity index (χ0n) is 12.4. The molecule has 0 fully saturated rings. The largest absolute Gasteiger partial charge is 0.392 e. The maximum atomic E-state index is 12.3. The Morgan fingerprint density at radius 3 is 2.35 bits per heavy atom. The standard InChI is InChI=1S/C19H16N2O2/c22-13-17-10-11-20-12-18(17)21-19(23)16-8-6-15(7-9-16)14-4-2-1-3-5-14/h1-12,22H,13H2,(H,21,23). The molecule has 0 bridgehead atoms. The van der Waals surface area contributed by atoms with Gasteiger partial charge in [0.2, 0.25) is 0 Å². The van der Waals surface area contributed by atoms with E-state index in [0.717, 1.165) is 11.1 Å². The molecule has 3 aromatic rings. The van der Waals surface area contributed by atoms with Gasteiger partial charge in [-0.25, -0.2) is 0 Å². The van der Waals surface area contributed by atoms with Crippen molar-refractivity contribution in [2.75, 3.05) is 5.32 Å². The lowest BCUT2D eigenvalue weighted by atomic mass is 10.0. The number of aliphatic hydroxyl groups is 1. The van der Waals surface area contributed by atoms with Crippen LogP contribution in [0.3, 0.4) is 0 Å². The van der Waals surface area contributed by atoms with E-state index in [9.17, 15) is 9.90 Å². The van der Waals surface area contributed by atoms with Crippen LogP contribution in [0.25, 0.3) is 11.1 Å². The Balaban J connectivity index is 1.78. The first kappa shape index (κ1) is 14.9. The monoisotopic (exact) mass is 304 g/mol. The molecule has 0 radical (unpaired) electrons. The quantitative estimate of drug-likeness (QED) is 0.775. The molecule has 0 unspecified atom stereocenters. The number of hydrogen-bond donors (Lipinski definition) is 2. The van der Waals surface area contributed by atoms with Crippen LogP contribution >= 0.6 is 0 Å². The highest BCUT2D eigenvalue weighted by Gasteiger charge is 2.09. The van der Waals surface area contributed by atoms with Gasteiger partial charge in [0.25, 0.3) is 5.91 Å². The summed E-state index contributed by atoms with van der Waals surface area (Å²) in [6.07, 6.45) is 3.11. The Hall–Kier alpha value is -2.98. The topological polar surface area (TPSA) is 62.2 Å². The lowest BCUT2D eigenvalue weighted by Gasteiger charge is -2.09. The lowest BCUT2D eigenvalue weighted by molar-refractivity contribution is 0.102. The van der Waals surface area contributed by atoms with Crippen molar-refractivity contribution in [1.82, 2.24) is 4.98 Å². The van der Waals surface area contributed by atoms with Crippen molar-refractivity contribution >= 4 is 11.6 Å². The third kappa shape index (κ3) is 3.44. The number of hydrogen-bond acceptors (Lipinski definition) is 3. The number of nitrogens with one attached hydrogen (secondary N) is 1. The molecular weight excluding hydrogens is 288 g/mol. The molecule has 114 valence electrons. The van der Waals surface area contributed by atoms with Crippen LogP contribution < -0.4 is 5.32 Å². The third-order valence-corrected chi connectivity index (χ3v) is 3.58. The van der Waals surface area contributed by atoms with Crippen LogP contribution in [-0.2, 0) is 6.61 Å². The van der Waals surface area contributed by atoms with Crippen LogP contribution in [0.5, 0.6) is 0 Å². The first-order valence-electron chi connectivity index (χ1n) is 7.28. The molecule has 0 aliphatic carbocycles. The maximum absolute atomic E-state index is 12.3. The summed E-state index contributed by atoms with van der Waals surface area (Å²) in [7, 11) is 0. The smallest absolute Gasteiger partial charge is 0.255 e. The van der Waals surface area contributed by atoms with Gasteiger partial charge in [-0.05, 0) is 29.3 Å². The molecule has 4 heteroatoms. The van der Waals surface area contributed by atoms with E-state index in [2.05, 4.69) is 10.3 Å². The average Bonchev–Trinajstić information content (AvgIpc) is 2.63. The molecule has 2 aromatic carbocycles. The summed E-state index contributed by atoms with van der Waals surface area (Å²) in [4.78, 5) is 16.3. The number of carbonyl (C=O) groups excluding carboxylic acids is 1. The number of pyridine rings is 1. The molecule has 3 rings (SSSR count). The van der Waals surface area contributed by atoms with Crippen LogP contribution in [0, 0.1) is 0 Å². The predicted octanol–water partition coefficient (Wildman–Crippen LogP) is 3.49. The van der Waals surface area contributed by atoms with Crippen LogP contribution in [-0.4, -0.2) is 16.0 Å². The van der Waals surface area contributed by atoms with Gasteiger partial charge >= 0.3 is 0 Å². The van der Waals surface area contributed by atoms with Crippen LogP contribution in [0.15, 0.2) is 73.1 Å². The minimum absolute atomic E-state index is 0.148. The SMILES string of the molecule is O=C(Nc1cnccc1CO)c1ccc(-c2ccccc2)cc1. The lowest BCUT2D eigenvalue weighted by Crippen LogP contribution is -2.13.